The standard InChI is InChI=1S/C14H20N2O/c1-2-16-9-12(7-11(8-15)10-17)13-5-3-4-6-14(13)16/h3-6,9,11,17H,2,7-8,10,15H2,1H3. The lowest BCUT2D eigenvalue weighted by Gasteiger charge is -2.09. The molecule has 2 rings (SSSR count). The van der Waals surface area contributed by atoms with Crippen molar-refractivity contribution in [3.63, 3.8) is 0 Å². The van der Waals surface area contributed by atoms with Gasteiger partial charge in [-0.1, -0.05) is 18.2 Å². The lowest BCUT2D eigenvalue weighted by atomic mass is 10.00. The Morgan fingerprint density at radius 2 is 2.12 bits per heavy atom. The third-order valence-corrected chi connectivity index (χ3v) is 3.31. The molecule has 0 saturated carbocycles. The minimum absolute atomic E-state index is 0.155. The van der Waals surface area contributed by atoms with Gasteiger partial charge in [0.05, 0.1) is 0 Å². The Kier molecular flexibility index (Phi) is 3.82. The molecule has 1 atom stereocenters. The van der Waals surface area contributed by atoms with Crippen LogP contribution in [-0.2, 0) is 13.0 Å². The summed E-state index contributed by atoms with van der Waals surface area (Å²) < 4.78 is 2.25. The number of para-hydroxylation sites is 1. The van der Waals surface area contributed by atoms with Crippen molar-refractivity contribution in [3.8, 4) is 0 Å². The Hall–Kier alpha value is -1.32. The molecule has 3 N–H and O–H groups in total. The van der Waals surface area contributed by atoms with Crippen LogP contribution in [-0.4, -0.2) is 22.8 Å². The fourth-order valence-electron chi connectivity index (χ4n) is 2.28. The maximum absolute atomic E-state index is 9.24. The van der Waals surface area contributed by atoms with Gasteiger partial charge in [-0.05, 0) is 37.4 Å². The summed E-state index contributed by atoms with van der Waals surface area (Å²) in [5.74, 6) is 0.158. The molecule has 1 aromatic heterocycles. The summed E-state index contributed by atoms with van der Waals surface area (Å²) in [4.78, 5) is 0. The average molecular weight is 232 g/mol. The number of fused-ring (bicyclic) bond motifs is 1. The highest BCUT2D eigenvalue weighted by atomic mass is 16.3. The van der Waals surface area contributed by atoms with Crippen LogP contribution in [0.3, 0.4) is 0 Å². The molecule has 92 valence electrons. The van der Waals surface area contributed by atoms with E-state index in [9.17, 15) is 5.11 Å². The molecule has 0 aliphatic rings. The van der Waals surface area contributed by atoms with Crippen LogP contribution in [0.1, 0.15) is 12.5 Å². The number of hydrogen-bond donors (Lipinski definition) is 2. The number of aryl methyl sites for hydroxylation is 1. The van der Waals surface area contributed by atoms with E-state index in [2.05, 4.69) is 42.0 Å². The van der Waals surface area contributed by atoms with E-state index in [0.717, 1.165) is 13.0 Å². The monoisotopic (exact) mass is 232 g/mol. The second-order valence-electron chi connectivity index (χ2n) is 4.45. The van der Waals surface area contributed by atoms with Gasteiger partial charge in [-0.25, -0.2) is 0 Å². The molecule has 0 aliphatic carbocycles. The summed E-state index contributed by atoms with van der Waals surface area (Å²) in [6.45, 7) is 3.79. The topological polar surface area (TPSA) is 51.2 Å². The molecule has 3 nitrogen and oxygen atoms in total. The Morgan fingerprint density at radius 1 is 1.35 bits per heavy atom. The van der Waals surface area contributed by atoms with Gasteiger partial charge in [0, 0.05) is 30.3 Å². The molecule has 0 amide bonds. The van der Waals surface area contributed by atoms with Crippen molar-refractivity contribution < 1.29 is 5.11 Å². The predicted octanol–water partition coefficient (Wildman–Crippen LogP) is 1.77. The maximum Gasteiger partial charge on any atom is 0.0483 e. The number of rotatable bonds is 5. The number of aliphatic hydroxyl groups is 1. The van der Waals surface area contributed by atoms with Crippen LogP contribution in [0.4, 0.5) is 0 Å². The molecule has 2 aromatic rings. The van der Waals surface area contributed by atoms with Crippen molar-refractivity contribution >= 4 is 10.9 Å². The van der Waals surface area contributed by atoms with E-state index in [1.165, 1.54) is 16.5 Å². The molecule has 0 aliphatic heterocycles. The van der Waals surface area contributed by atoms with Gasteiger partial charge < -0.3 is 15.4 Å². The van der Waals surface area contributed by atoms with Gasteiger partial charge in [0.1, 0.15) is 0 Å². The Morgan fingerprint density at radius 3 is 2.76 bits per heavy atom. The molecule has 0 radical (unpaired) electrons. The van der Waals surface area contributed by atoms with Crippen molar-refractivity contribution in [3.05, 3.63) is 36.0 Å². The van der Waals surface area contributed by atoms with Gasteiger partial charge >= 0.3 is 0 Å². The van der Waals surface area contributed by atoms with E-state index >= 15 is 0 Å². The van der Waals surface area contributed by atoms with E-state index in [1.54, 1.807) is 0 Å². The molecule has 1 aromatic carbocycles. The lowest BCUT2D eigenvalue weighted by molar-refractivity contribution is 0.230. The van der Waals surface area contributed by atoms with Crippen molar-refractivity contribution in [2.45, 2.75) is 19.9 Å². The number of hydrogen-bond acceptors (Lipinski definition) is 2. The summed E-state index contributed by atoms with van der Waals surface area (Å²) in [6.07, 6.45) is 3.03. The first kappa shape index (κ1) is 12.1. The number of aliphatic hydroxyl groups excluding tert-OH is 1. The zero-order valence-electron chi connectivity index (χ0n) is 10.3. The molecule has 0 saturated heterocycles. The number of nitrogens with zero attached hydrogens (tertiary/aromatic N) is 1. The number of benzene rings is 1. The first-order valence-electron chi connectivity index (χ1n) is 6.17. The maximum atomic E-state index is 9.24. The predicted molar refractivity (Wildman–Crippen MR) is 70.9 cm³/mol. The third kappa shape index (κ3) is 2.35. The minimum atomic E-state index is 0.155. The summed E-state index contributed by atoms with van der Waals surface area (Å²) in [5.41, 5.74) is 8.19. The van der Waals surface area contributed by atoms with Crippen LogP contribution >= 0.6 is 0 Å². The molecule has 0 fully saturated rings. The van der Waals surface area contributed by atoms with Crippen LogP contribution < -0.4 is 5.73 Å². The van der Waals surface area contributed by atoms with Gasteiger partial charge in [-0.3, -0.25) is 0 Å². The van der Waals surface area contributed by atoms with Crippen LogP contribution in [0, 0.1) is 5.92 Å². The first-order valence-corrected chi connectivity index (χ1v) is 6.17. The Labute approximate surface area is 102 Å². The molecular weight excluding hydrogens is 212 g/mol. The van der Waals surface area contributed by atoms with E-state index in [4.69, 9.17) is 5.73 Å². The highest BCUT2D eigenvalue weighted by Crippen LogP contribution is 2.23. The lowest BCUT2D eigenvalue weighted by Crippen LogP contribution is -2.20. The van der Waals surface area contributed by atoms with Crippen molar-refractivity contribution in [2.24, 2.45) is 11.7 Å². The third-order valence-electron chi connectivity index (χ3n) is 3.31. The van der Waals surface area contributed by atoms with Gasteiger partial charge in [-0.15, -0.1) is 0 Å². The van der Waals surface area contributed by atoms with Gasteiger partial charge in [0.2, 0.25) is 0 Å². The van der Waals surface area contributed by atoms with Crippen molar-refractivity contribution in [1.29, 1.82) is 0 Å². The molecule has 17 heavy (non-hydrogen) atoms. The van der Waals surface area contributed by atoms with Gasteiger partial charge in [0.25, 0.3) is 0 Å². The highest BCUT2D eigenvalue weighted by molar-refractivity contribution is 5.84. The normalized spacial score (nSPS) is 13.1. The van der Waals surface area contributed by atoms with Gasteiger partial charge in [0.15, 0.2) is 0 Å². The molecule has 1 heterocycles. The van der Waals surface area contributed by atoms with E-state index in [1.807, 2.05) is 0 Å². The first-order chi connectivity index (χ1) is 8.30. The van der Waals surface area contributed by atoms with E-state index < -0.39 is 0 Å². The zero-order valence-corrected chi connectivity index (χ0v) is 10.3. The zero-order chi connectivity index (χ0) is 12.3. The highest BCUT2D eigenvalue weighted by Gasteiger charge is 2.12. The molecular formula is C14H20N2O. The Balaban J connectivity index is 2.40. The smallest absolute Gasteiger partial charge is 0.0483 e. The summed E-state index contributed by atoms with van der Waals surface area (Å²) in [6, 6.07) is 8.40. The van der Waals surface area contributed by atoms with Crippen LogP contribution in [0.15, 0.2) is 30.5 Å². The van der Waals surface area contributed by atoms with Crippen LogP contribution in [0.2, 0.25) is 0 Å². The van der Waals surface area contributed by atoms with Crippen molar-refractivity contribution in [2.75, 3.05) is 13.2 Å². The van der Waals surface area contributed by atoms with Gasteiger partial charge in [-0.2, -0.15) is 0 Å². The summed E-state index contributed by atoms with van der Waals surface area (Å²) >= 11 is 0. The quantitative estimate of drug-likeness (QED) is 0.825. The molecule has 0 bridgehead atoms. The van der Waals surface area contributed by atoms with E-state index in [0.29, 0.717) is 6.54 Å². The summed E-state index contributed by atoms with van der Waals surface area (Å²) in [7, 11) is 0. The Bertz CT molecular complexity index is 486. The fraction of sp³-hybridized carbons (Fsp3) is 0.429. The van der Waals surface area contributed by atoms with Crippen LogP contribution in [0.5, 0.6) is 0 Å². The largest absolute Gasteiger partial charge is 0.396 e. The SMILES string of the molecule is CCn1cc(CC(CN)CO)c2ccccc21. The summed E-state index contributed by atoms with van der Waals surface area (Å²) in [5, 5.41) is 10.5. The molecule has 0 spiro atoms. The average Bonchev–Trinajstić information content (AvgIpc) is 2.74. The molecule has 3 heteroatoms. The number of aromatic nitrogens is 1. The fourth-order valence-corrected chi connectivity index (χ4v) is 2.28. The van der Waals surface area contributed by atoms with Crippen molar-refractivity contribution in [1.82, 2.24) is 4.57 Å². The molecule has 1 unspecified atom stereocenters. The minimum Gasteiger partial charge on any atom is -0.396 e. The van der Waals surface area contributed by atoms with Crippen LogP contribution in [0.25, 0.3) is 10.9 Å². The second kappa shape index (κ2) is 5.34. The van der Waals surface area contributed by atoms with E-state index in [-0.39, 0.29) is 12.5 Å². The second-order valence-corrected chi connectivity index (χ2v) is 4.45. The number of nitrogens with two attached hydrogens (primary N) is 1.